The van der Waals surface area contributed by atoms with Gasteiger partial charge >= 0.3 is 0 Å². The molecule has 0 saturated heterocycles. The third kappa shape index (κ3) is 1.83. The molecule has 1 rings (SSSR count). The Labute approximate surface area is 71.4 Å². The van der Waals surface area contributed by atoms with Crippen LogP contribution in [0.5, 0.6) is 0 Å². The van der Waals surface area contributed by atoms with Crippen LogP contribution in [0.15, 0.2) is 0 Å². The van der Waals surface area contributed by atoms with Crippen LogP contribution >= 0.6 is 23.2 Å². The molecule has 0 aromatic heterocycles. The molecule has 0 amide bonds. The van der Waals surface area contributed by atoms with E-state index in [1.807, 2.05) is 0 Å². The molecule has 0 bridgehead atoms. The highest BCUT2D eigenvalue weighted by Crippen LogP contribution is 2.25. The van der Waals surface area contributed by atoms with Gasteiger partial charge in [0, 0.05) is 21.7 Å². The maximum atomic E-state index is 7.50. The van der Waals surface area contributed by atoms with Crippen LogP contribution in [0.1, 0.15) is 36.5 Å². The molecule has 1 aliphatic carbocycles. The Hall–Kier alpha value is 0.580. The van der Waals surface area contributed by atoms with Crippen molar-refractivity contribution >= 4 is 23.2 Å². The molecule has 0 radical (unpaired) electrons. The van der Waals surface area contributed by atoms with Crippen LogP contribution in [-0.2, 0) is 0 Å². The summed E-state index contributed by atoms with van der Waals surface area (Å²) in [7, 11) is 0. The van der Waals surface area contributed by atoms with Crippen LogP contribution in [0.3, 0.4) is 0 Å². The summed E-state index contributed by atoms with van der Waals surface area (Å²) in [6, 6.07) is 0. The molecule has 0 aliphatic heterocycles. The zero-order valence-electron chi connectivity index (χ0n) is 12.0. The highest BCUT2D eigenvalue weighted by molar-refractivity contribution is 6.22. The minimum atomic E-state index is -3.09. The molecule has 2 unspecified atom stereocenters. The molecule has 1 aliphatic rings. The quantitative estimate of drug-likeness (QED) is 0.479. The van der Waals surface area contributed by atoms with Crippen molar-refractivity contribution in [2.45, 2.75) is 36.2 Å². The fourth-order valence-electron chi connectivity index (χ4n) is 0.366. The summed E-state index contributed by atoms with van der Waals surface area (Å²) >= 11 is 11.0. The molecule has 0 N–H and O–H groups in total. The first-order valence-corrected chi connectivity index (χ1v) is 2.84. The second-order valence-corrected chi connectivity index (χ2v) is 2.16. The lowest BCUT2D eigenvalue weighted by molar-refractivity contribution is 0.518. The van der Waals surface area contributed by atoms with Crippen molar-refractivity contribution in [1.29, 1.82) is 0 Å². The van der Waals surface area contributed by atoms with Gasteiger partial charge in [-0.2, -0.15) is 0 Å². The molecular weight excluding hydrogens is 143 g/mol. The summed E-state index contributed by atoms with van der Waals surface area (Å²) in [5.74, 6) is 0. The second kappa shape index (κ2) is 2.93. The van der Waals surface area contributed by atoms with Gasteiger partial charge in [0.05, 0.1) is 0 Å². The average molecular weight is 161 g/mol. The van der Waals surface area contributed by atoms with Crippen LogP contribution in [0, 0.1) is 0 Å². The topological polar surface area (TPSA) is 0 Å². The van der Waals surface area contributed by atoms with Crippen LogP contribution in [0.2, 0.25) is 0 Å². The molecule has 48 valence electrons. The Bertz CT molecular complexity index is 282. The highest BCUT2D eigenvalue weighted by Gasteiger charge is 2.16. The van der Waals surface area contributed by atoms with Gasteiger partial charge in [0.25, 0.3) is 0 Å². The van der Waals surface area contributed by atoms with Gasteiger partial charge in [0.15, 0.2) is 0 Å². The smallest absolute Gasteiger partial charge is 0.0472 e. The van der Waals surface area contributed by atoms with Crippen LogP contribution in [-0.4, -0.2) is 10.7 Å². The summed E-state index contributed by atoms with van der Waals surface area (Å²) in [5.41, 5.74) is 0. The molecule has 1 fully saturated rings. The van der Waals surface area contributed by atoms with Gasteiger partial charge in [-0.15, -0.1) is 23.2 Å². The zero-order chi connectivity index (χ0) is 13.2. The van der Waals surface area contributed by atoms with Crippen molar-refractivity contribution in [1.82, 2.24) is 0 Å². The Morgan fingerprint density at radius 1 is 1.25 bits per heavy atom. The SMILES string of the molecule is [2H]C1([2H])CC([2H])(Cl)C([2H])([2H])C([2H])([2H])C1([2H])Cl. The fourth-order valence-corrected chi connectivity index (χ4v) is 0.594. The lowest BCUT2D eigenvalue weighted by Gasteiger charge is -2.19. The normalized spacial score (nSPS) is 91.8. The van der Waals surface area contributed by atoms with E-state index in [4.69, 9.17) is 34.2 Å². The van der Waals surface area contributed by atoms with Crippen molar-refractivity contribution in [3.8, 4) is 0 Å². The first kappa shape index (κ1) is 1.79. The standard InChI is InChI=1S/C6H10Cl2/c7-5-1-2-6(8)4-3-5/h5-6H,1-4H2/i1D2,2D2,3D2,5D,6D. The minimum absolute atomic E-state index is 0.860. The van der Waals surface area contributed by atoms with E-state index in [-0.39, 0.29) is 0 Å². The molecule has 0 aromatic carbocycles. The fraction of sp³-hybridized carbons (Fsp3) is 1.00. The largest absolute Gasteiger partial charge is 0.123 e. The molecule has 1 saturated carbocycles. The maximum Gasteiger partial charge on any atom is 0.0472 e. The van der Waals surface area contributed by atoms with Crippen LogP contribution in [0.4, 0.5) is 0 Å². The van der Waals surface area contributed by atoms with E-state index in [1.165, 1.54) is 0 Å². The van der Waals surface area contributed by atoms with E-state index in [2.05, 4.69) is 0 Å². The van der Waals surface area contributed by atoms with Crippen LogP contribution < -0.4 is 0 Å². The van der Waals surface area contributed by atoms with Gasteiger partial charge in [-0.1, -0.05) is 0 Å². The van der Waals surface area contributed by atoms with E-state index >= 15 is 0 Å². The highest BCUT2D eigenvalue weighted by atomic mass is 35.5. The molecule has 0 aromatic rings. The van der Waals surface area contributed by atoms with Gasteiger partial charge in [0.2, 0.25) is 0 Å². The number of alkyl halides is 2. The molecule has 0 spiro atoms. The van der Waals surface area contributed by atoms with Gasteiger partial charge < -0.3 is 0 Å². The number of hydrogen-bond acceptors (Lipinski definition) is 0. The van der Waals surface area contributed by atoms with Crippen molar-refractivity contribution in [2.24, 2.45) is 0 Å². The van der Waals surface area contributed by atoms with Crippen molar-refractivity contribution in [2.75, 3.05) is 0 Å². The summed E-state index contributed by atoms with van der Waals surface area (Å²) in [4.78, 5) is 0. The molecule has 2 atom stereocenters. The monoisotopic (exact) mass is 160 g/mol. The van der Waals surface area contributed by atoms with E-state index in [0.29, 0.717) is 0 Å². The lowest BCUT2D eigenvalue weighted by atomic mass is 10.00. The first-order chi connectivity index (χ1) is 6.71. The number of halogens is 2. The van der Waals surface area contributed by atoms with Crippen molar-refractivity contribution < 1.29 is 11.0 Å². The predicted molar refractivity (Wildman–Crippen MR) is 37.7 cm³/mol. The van der Waals surface area contributed by atoms with E-state index in [9.17, 15) is 0 Å². The first-order valence-electron chi connectivity index (χ1n) is 6.09. The number of hydrogen-bond donors (Lipinski definition) is 0. The molecule has 8 heavy (non-hydrogen) atoms. The Morgan fingerprint density at radius 3 is 2.62 bits per heavy atom. The zero-order valence-corrected chi connectivity index (χ0v) is 5.47. The van der Waals surface area contributed by atoms with E-state index in [1.54, 1.807) is 0 Å². The summed E-state index contributed by atoms with van der Waals surface area (Å²) in [6.45, 7) is 0. The van der Waals surface area contributed by atoms with Crippen molar-refractivity contribution in [3.05, 3.63) is 0 Å². The number of rotatable bonds is 0. The average Bonchev–Trinajstić information content (AvgIpc) is 1.98. The third-order valence-corrected chi connectivity index (χ3v) is 1.16. The Kier molecular flexibility index (Phi) is 0.657. The van der Waals surface area contributed by atoms with Gasteiger partial charge in [-0.05, 0) is 25.5 Å². The Balaban J connectivity index is 3.43. The van der Waals surface area contributed by atoms with Crippen LogP contribution in [0.25, 0.3) is 0 Å². The van der Waals surface area contributed by atoms with Gasteiger partial charge in [-0.25, -0.2) is 0 Å². The lowest BCUT2D eigenvalue weighted by Crippen LogP contribution is -2.13. The summed E-state index contributed by atoms with van der Waals surface area (Å²) in [6.07, 6.45) is -9.49. The van der Waals surface area contributed by atoms with Gasteiger partial charge in [-0.3, -0.25) is 0 Å². The molecule has 2 heteroatoms. The molecule has 0 heterocycles. The predicted octanol–water partition coefficient (Wildman–Crippen LogP) is 2.78. The van der Waals surface area contributed by atoms with Gasteiger partial charge in [0.1, 0.15) is 0 Å². The molecule has 0 nitrogen and oxygen atoms in total. The minimum Gasteiger partial charge on any atom is -0.123 e. The Morgan fingerprint density at radius 2 is 1.88 bits per heavy atom. The maximum absolute atomic E-state index is 7.50. The van der Waals surface area contributed by atoms with Crippen molar-refractivity contribution in [3.63, 3.8) is 0 Å². The van der Waals surface area contributed by atoms with E-state index in [0.717, 1.165) is 0 Å². The second-order valence-electron chi connectivity index (χ2n) is 1.32. The van der Waals surface area contributed by atoms with E-state index < -0.39 is 36.2 Å². The third-order valence-electron chi connectivity index (χ3n) is 0.707. The molecular formula is C6H10Cl2. The summed E-state index contributed by atoms with van der Waals surface area (Å²) in [5, 5.41) is -5.33. The summed E-state index contributed by atoms with van der Waals surface area (Å²) < 4.78 is 59.8.